The van der Waals surface area contributed by atoms with Gasteiger partial charge in [-0.3, -0.25) is 0 Å². The Morgan fingerprint density at radius 1 is 0.920 bits per heavy atom. The Morgan fingerprint density at radius 3 is 2.08 bits per heavy atom. The summed E-state index contributed by atoms with van der Waals surface area (Å²) in [5.41, 5.74) is 1.19. The van der Waals surface area contributed by atoms with E-state index in [1.54, 1.807) is 19.1 Å². The Bertz CT molecular complexity index is 790. The molecule has 0 spiro atoms. The number of carboxylic acid groups (broad SMARTS) is 2. The van der Waals surface area contributed by atoms with Crippen LogP contribution in [0.4, 0.5) is 0 Å². The molecular formula is C20H20O5. The van der Waals surface area contributed by atoms with Gasteiger partial charge in [0.25, 0.3) is 0 Å². The first-order valence-corrected chi connectivity index (χ1v) is 8.03. The van der Waals surface area contributed by atoms with Gasteiger partial charge in [-0.15, -0.1) is 0 Å². The summed E-state index contributed by atoms with van der Waals surface area (Å²) in [7, 11) is 0. The lowest BCUT2D eigenvalue weighted by Gasteiger charge is -2.15. The van der Waals surface area contributed by atoms with Crippen molar-refractivity contribution in [3.05, 3.63) is 65.2 Å². The number of allylic oxidation sites excluding steroid dienone is 1. The van der Waals surface area contributed by atoms with Crippen molar-refractivity contribution in [2.75, 3.05) is 0 Å². The van der Waals surface area contributed by atoms with Gasteiger partial charge in [-0.05, 0) is 53.8 Å². The molecule has 0 atom stereocenters. The largest absolute Gasteiger partial charge is 0.477 e. The zero-order valence-corrected chi connectivity index (χ0v) is 14.2. The van der Waals surface area contributed by atoms with Crippen molar-refractivity contribution in [1.82, 2.24) is 0 Å². The SMILES string of the molecule is CCC(=C(C(=O)O)C(=O)O)c1ccc(Oc2ccccc2)cc1CC. The Hall–Kier alpha value is -3.08. The molecule has 0 radical (unpaired) electrons. The van der Waals surface area contributed by atoms with Crippen LogP contribution in [0.15, 0.2) is 54.1 Å². The zero-order chi connectivity index (χ0) is 18.4. The van der Waals surface area contributed by atoms with Gasteiger partial charge in [0, 0.05) is 0 Å². The maximum Gasteiger partial charge on any atom is 0.343 e. The lowest BCUT2D eigenvalue weighted by Crippen LogP contribution is -2.14. The van der Waals surface area contributed by atoms with E-state index >= 15 is 0 Å². The molecule has 5 nitrogen and oxygen atoms in total. The molecule has 0 saturated heterocycles. The van der Waals surface area contributed by atoms with Crippen LogP contribution in [0, 0.1) is 0 Å². The molecule has 2 rings (SSSR count). The van der Waals surface area contributed by atoms with Crippen LogP contribution in [-0.4, -0.2) is 22.2 Å². The molecule has 2 N–H and O–H groups in total. The summed E-state index contributed by atoms with van der Waals surface area (Å²) in [4.78, 5) is 22.7. The zero-order valence-electron chi connectivity index (χ0n) is 14.2. The molecule has 5 heteroatoms. The number of hydrogen-bond acceptors (Lipinski definition) is 3. The quantitative estimate of drug-likeness (QED) is 0.444. The molecule has 2 aromatic carbocycles. The summed E-state index contributed by atoms with van der Waals surface area (Å²) in [6.45, 7) is 3.68. The highest BCUT2D eigenvalue weighted by molar-refractivity contribution is 6.18. The second kappa shape index (κ2) is 8.15. The Kier molecular flexibility index (Phi) is 5.95. The number of aryl methyl sites for hydroxylation is 1. The lowest BCUT2D eigenvalue weighted by molar-refractivity contribution is -0.140. The van der Waals surface area contributed by atoms with Crippen molar-refractivity contribution < 1.29 is 24.5 Å². The highest BCUT2D eigenvalue weighted by atomic mass is 16.5. The van der Waals surface area contributed by atoms with Gasteiger partial charge in [-0.2, -0.15) is 0 Å². The summed E-state index contributed by atoms with van der Waals surface area (Å²) < 4.78 is 5.80. The number of carbonyl (C=O) groups is 2. The number of aliphatic carboxylic acids is 2. The van der Waals surface area contributed by atoms with E-state index in [-0.39, 0.29) is 0 Å². The van der Waals surface area contributed by atoms with Crippen LogP contribution in [0.5, 0.6) is 11.5 Å². The minimum absolute atomic E-state index is 0.305. The average molecular weight is 340 g/mol. The van der Waals surface area contributed by atoms with Gasteiger partial charge in [0.2, 0.25) is 0 Å². The van der Waals surface area contributed by atoms with E-state index in [2.05, 4.69) is 0 Å². The van der Waals surface area contributed by atoms with Crippen LogP contribution in [0.1, 0.15) is 31.4 Å². The number of ether oxygens (including phenoxy) is 1. The van der Waals surface area contributed by atoms with E-state index in [4.69, 9.17) is 4.74 Å². The molecular weight excluding hydrogens is 320 g/mol. The van der Waals surface area contributed by atoms with E-state index in [0.717, 1.165) is 5.56 Å². The summed E-state index contributed by atoms with van der Waals surface area (Å²) in [6, 6.07) is 14.6. The van der Waals surface area contributed by atoms with E-state index in [1.807, 2.05) is 43.3 Å². The Labute approximate surface area is 146 Å². The highest BCUT2D eigenvalue weighted by Gasteiger charge is 2.23. The molecule has 2 aromatic rings. The molecule has 0 bridgehead atoms. The van der Waals surface area contributed by atoms with Crippen LogP contribution < -0.4 is 4.74 Å². The first-order chi connectivity index (χ1) is 12.0. The average Bonchev–Trinajstić information content (AvgIpc) is 2.59. The third-order valence-corrected chi connectivity index (χ3v) is 3.84. The van der Waals surface area contributed by atoms with Gasteiger partial charge < -0.3 is 14.9 Å². The standard InChI is InChI=1S/C20H20O5/c1-3-13-12-15(25-14-8-6-5-7-9-14)10-11-17(13)16(4-2)18(19(21)22)20(23)24/h5-12H,3-4H2,1-2H3,(H,21,22)(H,23,24). The van der Waals surface area contributed by atoms with Crippen molar-refractivity contribution in [3.8, 4) is 11.5 Å². The van der Waals surface area contributed by atoms with Crippen molar-refractivity contribution >= 4 is 17.5 Å². The van der Waals surface area contributed by atoms with Gasteiger partial charge in [0.05, 0.1) is 0 Å². The maximum atomic E-state index is 11.4. The third-order valence-electron chi connectivity index (χ3n) is 3.84. The highest BCUT2D eigenvalue weighted by Crippen LogP contribution is 2.31. The number of rotatable bonds is 7. The number of para-hydroxylation sites is 1. The van der Waals surface area contributed by atoms with Crippen LogP contribution in [0.3, 0.4) is 0 Å². The van der Waals surface area contributed by atoms with E-state index in [1.165, 1.54) is 0 Å². The first kappa shape index (κ1) is 18.3. The molecule has 0 amide bonds. The maximum absolute atomic E-state index is 11.4. The van der Waals surface area contributed by atoms with Gasteiger partial charge in [0.15, 0.2) is 0 Å². The molecule has 0 unspecified atom stereocenters. The smallest absolute Gasteiger partial charge is 0.343 e. The van der Waals surface area contributed by atoms with Crippen molar-refractivity contribution in [2.45, 2.75) is 26.7 Å². The molecule has 0 fully saturated rings. The summed E-state index contributed by atoms with van der Waals surface area (Å²) >= 11 is 0. The van der Waals surface area contributed by atoms with Gasteiger partial charge in [-0.25, -0.2) is 9.59 Å². The lowest BCUT2D eigenvalue weighted by atomic mass is 9.92. The van der Waals surface area contributed by atoms with E-state index in [9.17, 15) is 19.8 Å². The molecule has 25 heavy (non-hydrogen) atoms. The fourth-order valence-corrected chi connectivity index (χ4v) is 2.70. The first-order valence-electron chi connectivity index (χ1n) is 8.03. The fraction of sp³-hybridized carbons (Fsp3) is 0.200. The van der Waals surface area contributed by atoms with Crippen molar-refractivity contribution in [3.63, 3.8) is 0 Å². The number of hydrogen-bond donors (Lipinski definition) is 2. The summed E-state index contributed by atoms with van der Waals surface area (Å²) in [5, 5.41) is 18.5. The predicted molar refractivity (Wildman–Crippen MR) is 94.8 cm³/mol. The monoisotopic (exact) mass is 340 g/mol. The molecule has 0 aliphatic heterocycles. The third kappa shape index (κ3) is 4.26. The molecule has 130 valence electrons. The minimum atomic E-state index is -1.43. The minimum Gasteiger partial charge on any atom is -0.477 e. The van der Waals surface area contributed by atoms with Crippen molar-refractivity contribution in [2.24, 2.45) is 0 Å². The second-order valence-electron chi connectivity index (χ2n) is 5.41. The van der Waals surface area contributed by atoms with Crippen LogP contribution in [0.2, 0.25) is 0 Å². The molecule has 0 aliphatic rings. The molecule has 0 aliphatic carbocycles. The van der Waals surface area contributed by atoms with Gasteiger partial charge >= 0.3 is 11.9 Å². The number of carboxylic acids is 2. The second-order valence-corrected chi connectivity index (χ2v) is 5.41. The Balaban J connectivity index is 2.49. The van der Waals surface area contributed by atoms with Gasteiger partial charge in [0.1, 0.15) is 17.1 Å². The molecule has 0 saturated carbocycles. The summed E-state index contributed by atoms with van der Waals surface area (Å²) in [5.74, 6) is -1.55. The molecule has 0 heterocycles. The summed E-state index contributed by atoms with van der Waals surface area (Å²) in [6.07, 6.45) is 0.928. The number of benzene rings is 2. The topological polar surface area (TPSA) is 83.8 Å². The van der Waals surface area contributed by atoms with Crippen LogP contribution in [-0.2, 0) is 16.0 Å². The van der Waals surface area contributed by atoms with Crippen LogP contribution >= 0.6 is 0 Å². The molecule has 0 aromatic heterocycles. The van der Waals surface area contributed by atoms with E-state index < -0.39 is 17.5 Å². The van der Waals surface area contributed by atoms with Crippen LogP contribution in [0.25, 0.3) is 5.57 Å². The normalized spacial score (nSPS) is 10.2. The van der Waals surface area contributed by atoms with Gasteiger partial charge in [-0.1, -0.05) is 38.1 Å². The van der Waals surface area contributed by atoms with E-state index in [0.29, 0.717) is 35.5 Å². The van der Waals surface area contributed by atoms with Crippen molar-refractivity contribution in [1.29, 1.82) is 0 Å². The predicted octanol–water partition coefficient (Wildman–Crippen LogP) is 4.37. The Morgan fingerprint density at radius 2 is 1.56 bits per heavy atom. The fourth-order valence-electron chi connectivity index (χ4n) is 2.70.